The molecule has 2 aromatic carbocycles. The number of nitrogens with one attached hydrogen (secondary N) is 2. The molecule has 0 saturated heterocycles. The summed E-state index contributed by atoms with van der Waals surface area (Å²) >= 11 is 0. The van der Waals surface area contributed by atoms with Gasteiger partial charge in [-0.3, -0.25) is 0 Å². The highest BCUT2D eigenvalue weighted by Crippen LogP contribution is 2.19. The minimum absolute atomic E-state index is 0.191. The lowest BCUT2D eigenvalue weighted by molar-refractivity contribution is 0.610. The first kappa shape index (κ1) is 16.8. The van der Waals surface area contributed by atoms with Crippen molar-refractivity contribution in [1.29, 1.82) is 0 Å². The molecule has 1 aromatic heterocycles. The second kappa shape index (κ2) is 8.19. The minimum Gasteiger partial charge on any atom is -0.368 e. The van der Waals surface area contributed by atoms with Crippen LogP contribution in [-0.2, 0) is 12.8 Å². The standard InChI is InChI=1S/C19H20FN5/c1-2-14-7-4-6-10-17(14)23-19-24-18(13-22-25-19)21-12-11-15-8-3-5-9-16(15)20/h3-10,13H,2,11-12H2,1H3,(H2,21,23,24,25). The molecule has 0 saturated carbocycles. The normalized spacial score (nSPS) is 10.5. The third-order valence-corrected chi connectivity index (χ3v) is 3.86. The van der Waals surface area contributed by atoms with Gasteiger partial charge in [0.25, 0.3) is 0 Å². The van der Waals surface area contributed by atoms with Gasteiger partial charge < -0.3 is 10.6 Å². The van der Waals surface area contributed by atoms with Crippen molar-refractivity contribution in [2.24, 2.45) is 0 Å². The highest BCUT2D eigenvalue weighted by Gasteiger charge is 2.05. The third kappa shape index (κ3) is 4.50. The molecule has 1 heterocycles. The van der Waals surface area contributed by atoms with Crippen molar-refractivity contribution in [3.63, 3.8) is 0 Å². The number of aromatic nitrogens is 3. The Hall–Kier alpha value is -3.02. The average molecular weight is 337 g/mol. The summed E-state index contributed by atoms with van der Waals surface area (Å²) in [7, 11) is 0. The van der Waals surface area contributed by atoms with Crippen LogP contribution in [0.5, 0.6) is 0 Å². The molecular formula is C19H20FN5. The lowest BCUT2D eigenvalue weighted by Gasteiger charge is -2.10. The molecule has 3 aromatic rings. The van der Waals surface area contributed by atoms with Crippen molar-refractivity contribution in [2.75, 3.05) is 17.2 Å². The molecule has 2 N–H and O–H groups in total. The summed E-state index contributed by atoms with van der Waals surface area (Å²) in [5.41, 5.74) is 2.83. The Balaban J connectivity index is 1.62. The number of halogens is 1. The highest BCUT2D eigenvalue weighted by molar-refractivity contribution is 5.58. The number of hydrogen-bond acceptors (Lipinski definition) is 5. The Morgan fingerprint density at radius 1 is 1.00 bits per heavy atom. The van der Waals surface area contributed by atoms with Crippen molar-refractivity contribution >= 4 is 17.5 Å². The molecule has 6 heteroatoms. The monoisotopic (exact) mass is 337 g/mol. The number of aryl methyl sites for hydroxylation is 1. The summed E-state index contributed by atoms with van der Waals surface area (Å²) < 4.78 is 13.6. The Bertz CT molecular complexity index is 837. The number of rotatable bonds is 7. The second-order valence-corrected chi connectivity index (χ2v) is 5.57. The third-order valence-electron chi connectivity index (χ3n) is 3.86. The molecule has 0 aliphatic rings. The van der Waals surface area contributed by atoms with Gasteiger partial charge in [-0.05, 0) is 36.1 Å². The van der Waals surface area contributed by atoms with Gasteiger partial charge in [0.1, 0.15) is 5.82 Å². The molecular weight excluding hydrogens is 317 g/mol. The maximum absolute atomic E-state index is 13.6. The summed E-state index contributed by atoms with van der Waals surface area (Å²) in [6.07, 6.45) is 3.04. The summed E-state index contributed by atoms with van der Waals surface area (Å²) in [5.74, 6) is 0.836. The van der Waals surface area contributed by atoms with E-state index in [1.807, 2.05) is 24.3 Å². The van der Waals surface area contributed by atoms with E-state index in [0.717, 1.165) is 12.1 Å². The lowest BCUT2D eigenvalue weighted by Crippen LogP contribution is -2.09. The van der Waals surface area contributed by atoms with Crippen LogP contribution in [0.3, 0.4) is 0 Å². The van der Waals surface area contributed by atoms with E-state index in [1.54, 1.807) is 18.3 Å². The van der Waals surface area contributed by atoms with Gasteiger partial charge in [-0.25, -0.2) is 4.39 Å². The Kier molecular flexibility index (Phi) is 5.51. The van der Waals surface area contributed by atoms with Gasteiger partial charge in [-0.1, -0.05) is 43.3 Å². The van der Waals surface area contributed by atoms with Gasteiger partial charge in [0.05, 0.1) is 6.20 Å². The van der Waals surface area contributed by atoms with E-state index in [2.05, 4.69) is 38.8 Å². The number of hydrogen-bond donors (Lipinski definition) is 2. The molecule has 0 aliphatic carbocycles. The summed E-state index contributed by atoms with van der Waals surface area (Å²) in [6, 6.07) is 14.8. The molecule has 0 bridgehead atoms. The molecule has 0 aliphatic heterocycles. The van der Waals surface area contributed by atoms with Crippen LogP contribution in [0, 0.1) is 5.82 Å². The first-order valence-corrected chi connectivity index (χ1v) is 8.28. The Labute approximate surface area is 146 Å². The van der Waals surface area contributed by atoms with Crippen LogP contribution in [0.1, 0.15) is 18.1 Å². The van der Waals surface area contributed by atoms with Gasteiger partial charge >= 0.3 is 0 Å². The second-order valence-electron chi connectivity index (χ2n) is 5.57. The molecule has 0 atom stereocenters. The molecule has 0 unspecified atom stereocenters. The van der Waals surface area contributed by atoms with Crippen molar-refractivity contribution in [3.8, 4) is 0 Å². The van der Waals surface area contributed by atoms with Gasteiger partial charge in [-0.15, -0.1) is 5.10 Å². The fourth-order valence-electron chi connectivity index (χ4n) is 2.54. The van der Waals surface area contributed by atoms with Gasteiger partial charge in [-0.2, -0.15) is 10.1 Å². The zero-order valence-electron chi connectivity index (χ0n) is 14.0. The van der Waals surface area contributed by atoms with Gasteiger partial charge in [0, 0.05) is 12.2 Å². The van der Waals surface area contributed by atoms with E-state index >= 15 is 0 Å². The van der Waals surface area contributed by atoms with Crippen LogP contribution >= 0.6 is 0 Å². The van der Waals surface area contributed by atoms with Crippen LogP contribution in [0.25, 0.3) is 0 Å². The van der Waals surface area contributed by atoms with Crippen LogP contribution in [-0.4, -0.2) is 21.7 Å². The zero-order valence-corrected chi connectivity index (χ0v) is 14.0. The van der Waals surface area contributed by atoms with E-state index in [1.165, 1.54) is 11.6 Å². The van der Waals surface area contributed by atoms with E-state index in [-0.39, 0.29) is 5.82 Å². The molecule has 0 spiro atoms. The van der Waals surface area contributed by atoms with Gasteiger partial charge in [0.15, 0.2) is 5.82 Å². The van der Waals surface area contributed by atoms with Crippen molar-refractivity contribution in [2.45, 2.75) is 19.8 Å². The fourth-order valence-corrected chi connectivity index (χ4v) is 2.54. The van der Waals surface area contributed by atoms with E-state index in [4.69, 9.17) is 0 Å². The molecule has 128 valence electrons. The van der Waals surface area contributed by atoms with Crippen LogP contribution in [0.15, 0.2) is 54.7 Å². The van der Waals surface area contributed by atoms with E-state index in [0.29, 0.717) is 30.3 Å². The highest BCUT2D eigenvalue weighted by atomic mass is 19.1. The van der Waals surface area contributed by atoms with Crippen LogP contribution in [0.4, 0.5) is 21.8 Å². The summed E-state index contributed by atoms with van der Waals surface area (Å²) in [5, 5.41) is 14.3. The quantitative estimate of drug-likeness (QED) is 0.683. The van der Waals surface area contributed by atoms with Gasteiger partial charge in [0.2, 0.25) is 5.95 Å². The number of anilines is 3. The van der Waals surface area contributed by atoms with Crippen LogP contribution < -0.4 is 10.6 Å². The SMILES string of the molecule is CCc1ccccc1Nc1nncc(NCCc2ccccc2F)n1. The van der Waals surface area contributed by atoms with E-state index < -0.39 is 0 Å². The number of benzene rings is 2. The molecule has 5 nitrogen and oxygen atoms in total. The van der Waals surface area contributed by atoms with E-state index in [9.17, 15) is 4.39 Å². The molecule has 0 radical (unpaired) electrons. The maximum Gasteiger partial charge on any atom is 0.249 e. The number of nitrogens with zero attached hydrogens (tertiary/aromatic N) is 3. The van der Waals surface area contributed by atoms with Crippen molar-refractivity contribution in [3.05, 3.63) is 71.7 Å². The summed E-state index contributed by atoms with van der Waals surface area (Å²) in [4.78, 5) is 4.41. The smallest absolute Gasteiger partial charge is 0.249 e. The fraction of sp³-hybridized carbons (Fsp3) is 0.211. The zero-order chi connectivity index (χ0) is 17.5. The topological polar surface area (TPSA) is 62.7 Å². The molecule has 0 fully saturated rings. The largest absolute Gasteiger partial charge is 0.368 e. The summed E-state index contributed by atoms with van der Waals surface area (Å²) in [6.45, 7) is 2.66. The Morgan fingerprint density at radius 2 is 1.76 bits per heavy atom. The number of para-hydroxylation sites is 1. The molecule has 3 rings (SSSR count). The predicted molar refractivity (Wildman–Crippen MR) is 97.5 cm³/mol. The first-order valence-electron chi connectivity index (χ1n) is 8.28. The molecule has 25 heavy (non-hydrogen) atoms. The predicted octanol–water partition coefficient (Wildman–Crippen LogP) is 3.97. The van der Waals surface area contributed by atoms with Crippen molar-refractivity contribution in [1.82, 2.24) is 15.2 Å². The molecule has 0 amide bonds. The first-order chi connectivity index (χ1) is 12.3. The van der Waals surface area contributed by atoms with Crippen molar-refractivity contribution < 1.29 is 4.39 Å². The minimum atomic E-state index is -0.191. The average Bonchev–Trinajstić information content (AvgIpc) is 2.64. The van der Waals surface area contributed by atoms with Crippen LogP contribution in [0.2, 0.25) is 0 Å². The lowest BCUT2D eigenvalue weighted by atomic mass is 10.1. The Morgan fingerprint density at radius 3 is 2.56 bits per heavy atom. The maximum atomic E-state index is 13.6.